The molecule has 1 heterocycles. The Balaban J connectivity index is 1.74. The van der Waals surface area contributed by atoms with E-state index in [-0.39, 0.29) is 11.8 Å². The molecular formula is C23H28BrN3O3. The Labute approximate surface area is 186 Å². The third-order valence-electron chi connectivity index (χ3n) is 5.01. The van der Waals surface area contributed by atoms with Gasteiger partial charge in [-0.3, -0.25) is 9.59 Å². The molecule has 0 aliphatic carbocycles. The Morgan fingerprint density at radius 3 is 2.50 bits per heavy atom. The predicted octanol–water partition coefficient (Wildman–Crippen LogP) is 4.46. The summed E-state index contributed by atoms with van der Waals surface area (Å²) in [5, 5.41) is 5.88. The zero-order valence-electron chi connectivity index (χ0n) is 17.2. The average molecular weight is 474 g/mol. The molecule has 1 aliphatic rings. The van der Waals surface area contributed by atoms with Crippen LogP contribution in [0.25, 0.3) is 0 Å². The molecule has 3 rings (SSSR count). The SMILES string of the molecule is CCOCCCNC(=O)c1cc(NC(=O)c2ccc(Br)cc2)ccc1N1CCCC1. The molecule has 2 aromatic rings. The number of ether oxygens (including phenoxy) is 1. The van der Waals surface area contributed by atoms with Crippen molar-refractivity contribution in [2.75, 3.05) is 43.1 Å². The van der Waals surface area contributed by atoms with Gasteiger partial charge in [-0.2, -0.15) is 0 Å². The van der Waals surface area contributed by atoms with Crippen molar-refractivity contribution >= 4 is 39.1 Å². The normalized spacial score (nSPS) is 13.3. The van der Waals surface area contributed by atoms with Crippen LogP contribution in [-0.4, -0.2) is 44.7 Å². The molecule has 2 N–H and O–H groups in total. The molecule has 0 unspecified atom stereocenters. The third-order valence-corrected chi connectivity index (χ3v) is 5.54. The van der Waals surface area contributed by atoms with E-state index in [1.165, 1.54) is 0 Å². The molecule has 6 nitrogen and oxygen atoms in total. The molecule has 7 heteroatoms. The van der Waals surface area contributed by atoms with Gasteiger partial charge in [-0.1, -0.05) is 15.9 Å². The lowest BCUT2D eigenvalue weighted by Gasteiger charge is -2.22. The van der Waals surface area contributed by atoms with E-state index >= 15 is 0 Å². The van der Waals surface area contributed by atoms with E-state index < -0.39 is 0 Å². The maximum absolute atomic E-state index is 12.9. The molecule has 1 aliphatic heterocycles. The van der Waals surface area contributed by atoms with Crippen LogP contribution in [0.1, 0.15) is 46.9 Å². The lowest BCUT2D eigenvalue weighted by atomic mass is 10.1. The van der Waals surface area contributed by atoms with Gasteiger partial charge in [-0.05, 0) is 68.7 Å². The fourth-order valence-corrected chi connectivity index (χ4v) is 3.71. The zero-order chi connectivity index (χ0) is 21.3. The molecule has 0 spiro atoms. The number of rotatable bonds is 9. The molecule has 160 valence electrons. The van der Waals surface area contributed by atoms with E-state index in [1.54, 1.807) is 18.2 Å². The van der Waals surface area contributed by atoms with Crippen molar-refractivity contribution in [1.82, 2.24) is 5.32 Å². The summed E-state index contributed by atoms with van der Waals surface area (Å²) in [4.78, 5) is 27.7. The first-order valence-electron chi connectivity index (χ1n) is 10.4. The van der Waals surface area contributed by atoms with Crippen molar-refractivity contribution in [2.45, 2.75) is 26.2 Å². The van der Waals surface area contributed by atoms with Crippen LogP contribution >= 0.6 is 15.9 Å². The van der Waals surface area contributed by atoms with Crippen molar-refractivity contribution in [3.05, 3.63) is 58.1 Å². The summed E-state index contributed by atoms with van der Waals surface area (Å²) >= 11 is 3.37. The molecule has 0 aromatic heterocycles. The summed E-state index contributed by atoms with van der Waals surface area (Å²) in [5.74, 6) is -0.340. The van der Waals surface area contributed by atoms with Gasteiger partial charge in [0.15, 0.2) is 0 Å². The van der Waals surface area contributed by atoms with Crippen LogP contribution in [0.15, 0.2) is 46.9 Å². The number of carbonyl (C=O) groups excluding carboxylic acids is 2. The number of amides is 2. The zero-order valence-corrected chi connectivity index (χ0v) is 18.8. The lowest BCUT2D eigenvalue weighted by Crippen LogP contribution is -2.29. The Kier molecular flexibility index (Phi) is 8.28. The summed E-state index contributed by atoms with van der Waals surface area (Å²) in [6.45, 7) is 5.68. The van der Waals surface area contributed by atoms with Crippen molar-refractivity contribution < 1.29 is 14.3 Å². The minimum atomic E-state index is -0.209. The highest BCUT2D eigenvalue weighted by molar-refractivity contribution is 9.10. The van der Waals surface area contributed by atoms with Crippen LogP contribution in [-0.2, 0) is 4.74 Å². The van der Waals surface area contributed by atoms with Crippen LogP contribution in [0.2, 0.25) is 0 Å². The number of carbonyl (C=O) groups is 2. The van der Waals surface area contributed by atoms with Crippen LogP contribution in [0.4, 0.5) is 11.4 Å². The minimum absolute atomic E-state index is 0.131. The molecule has 0 radical (unpaired) electrons. The summed E-state index contributed by atoms with van der Waals surface area (Å²) in [5.41, 5.74) is 2.66. The third kappa shape index (κ3) is 6.06. The number of nitrogens with zero attached hydrogens (tertiary/aromatic N) is 1. The molecule has 2 aromatic carbocycles. The highest BCUT2D eigenvalue weighted by Crippen LogP contribution is 2.28. The Morgan fingerprint density at radius 2 is 1.80 bits per heavy atom. The monoisotopic (exact) mass is 473 g/mol. The van der Waals surface area contributed by atoms with Crippen molar-refractivity contribution in [3.63, 3.8) is 0 Å². The van der Waals surface area contributed by atoms with Crippen molar-refractivity contribution in [1.29, 1.82) is 0 Å². The van der Waals surface area contributed by atoms with Crippen molar-refractivity contribution in [2.24, 2.45) is 0 Å². The second kappa shape index (κ2) is 11.1. The van der Waals surface area contributed by atoms with Crippen LogP contribution in [0, 0.1) is 0 Å². The molecule has 30 heavy (non-hydrogen) atoms. The van der Waals surface area contributed by atoms with E-state index in [2.05, 4.69) is 31.5 Å². The number of halogens is 1. The van der Waals surface area contributed by atoms with Gasteiger partial charge in [0.1, 0.15) is 0 Å². The molecule has 0 bridgehead atoms. The van der Waals surface area contributed by atoms with Gasteiger partial charge in [-0.15, -0.1) is 0 Å². The summed E-state index contributed by atoms with van der Waals surface area (Å²) in [7, 11) is 0. The van der Waals surface area contributed by atoms with E-state index in [0.717, 1.165) is 42.5 Å². The van der Waals surface area contributed by atoms with E-state index in [9.17, 15) is 9.59 Å². The van der Waals surface area contributed by atoms with Crippen LogP contribution in [0.3, 0.4) is 0 Å². The highest BCUT2D eigenvalue weighted by atomic mass is 79.9. The predicted molar refractivity (Wildman–Crippen MR) is 123 cm³/mol. The maximum atomic E-state index is 12.9. The summed E-state index contributed by atoms with van der Waals surface area (Å²) in [6, 6.07) is 12.7. The van der Waals surface area contributed by atoms with Gasteiger partial charge in [0.25, 0.3) is 11.8 Å². The van der Waals surface area contributed by atoms with E-state index in [0.29, 0.717) is 36.6 Å². The second-order valence-electron chi connectivity index (χ2n) is 7.19. The van der Waals surface area contributed by atoms with Gasteiger partial charge in [0.05, 0.1) is 5.56 Å². The lowest BCUT2D eigenvalue weighted by molar-refractivity contribution is 0.0943. The summed E-state index contributed by atoms with van der Waals surface area (Å²) in [6.07, 6.45) is 3.01. The second-order valence-corrected chi connectivity index (χ2v) is 8.11. The number of anilines is 2. The number of hydrogen-bond acceptors (Lipinski definition) is 4. The molecule has 1 saturated heterocycles. The van der Waals surface area contributed by atoms with Gasteiger partial charge in [-0.25, -0.2) is 0 Å². The van der Waals surface area contributed by atoms with E-state index in [4.69, 9.17) is 4.74 Å². The highest BCUT2D eigenvalue weighted by Gasteiger charge is 2.20. The standard InChI is InChI=1S/C23H28BrN3O3/c1-2-30-15-5-12-25-23(29)20-16-19(10-11-21(20)27-13-3-4-14-27)26-22(28)17-6-8-18(24)9-7-17/h6-11,16H,2-5,12-15H2,1H3,(H,25,29)(H,26,28). The quantitative estimate of drug-likeness (QED) is 0.527. The molecule has 0 atom stereocenters. The van der Waals surface area contributed by atoms with E-state index in [1.807, 2.05) is 31.2 Å². The number of benzene rings is 2. The minimum Gasteiger partial charge on any atom is -0.382 e. The van der Waals surface area contributed by atoms with Crippen LogP contribution < -0.4 is 15.5 Å². The van der Waals surface area contributed by atoms with Crippen molar-refractivity contribution in [3.8, 4) is 0 Å². The Bertz CT molecular complexity index is 864. The fourth-order valence-electron chi connectivity index (χ4n) is 3.45. The molecule has 1 fully saturated rings. The van der Waals surface area contributed by atoms with Gasteiger partial charge in [0, 0.05) is 54.3 Å². The Hall–Kier alpha value is -2.38. The largest absolute Gasteiger partial charge is 0.382 e. The molecule has 0 saturated carbocycles. The van der Waals surface area contributed by atoms with Gasteiger partial charge >= 0.3 is 0 Å². The number of hydrogen-bond donors (Lipinski definition) is 2. The summed E-state index contributed by atoms with van der Waals surface area (Å²) < 4.78 is 6.24. The first-order valence-corrected chi connectivity index (χ1v) is 11.2. The fraction of sp³-hybridized carbons (Fsp3) is 0.391. The first kappa shape index (κ1) is 22.3. The first-order chi connectivity index (χ1) is 14.6. The van der Waals surface area contributed by atoms with Gasteiger partial charge < -0.3 is 20.3 Å². The molecular weight excluding hydrogens is 446 g/mol. The smallest absolute Gasteiger partial charge is 0.255 e. The average Bonchev–Trinajstić information content (AvgIpc) is 3.28. The van der Waals surface area contributed by atoms with Crippen LogP contribution in [0.5, 0.6) is 0 Å². The topological polar surface area (TPSA) is 70.7 Å². The molecule has 2 amide bonds. The maximum Gasteiger partial charge on any atom is 0.255 e. The Morgan fingerprint density at radius 1 is 1.07 bits per heavy atom. The van der Waals surface area contributed by atoms with Gasteiger partial charge in [0.2, 0.25) is 0 Å². The number of nitrogens with one attached hydrogen (secondary N) is 2.